The Labute approximate surface area is 162 Å². The topological polar surface area (TPSA) is 45.2 Å². The lowest BCUT2D eigenvalue weighted by molar-refractivity contribution is 0.103. The van der Waals surface area contributed by atoms with Gasteiger partial charge < -0.3 is 0 Å². The van der Waals surface area contributed by atoms with Crippen molar-refractivity contribution in [3.8, 4) is 0 Å². The molecule has 0 atom stereocenters. The summed E-state index contributed by atoms with van der Waals surface area (Å²) in [4.78, 5) is 21.3. The van der Waals surface area contributed by atoms with Gasteiger partial charge in [-0.25, -0.2) is 4.98 Å². The Hall–Kier alpha value is -1.54. The van der Waals surface area contributed by atoms with Crippen molar-refractivity contribution in [2.24, 2.45) is 0 Å². The zero-order chi connectivity index (χ0) is 17.2. The van der Waals surface area contributed by atoms with E-state index in [2.05, 4.69) is 55.4 Å². The van der Waals surface area contributed by atoms with Crippen LogP contribution in [0.2, 0.25) is 0 Å². The lowest BCUT2D eigenvalue weighted by atomic mass is 10.1. The number of anilines is 1. The lowest BCUT2D eigenvalue weighted by Crippen LogP contribution is -2.29. The minimum Gasteiger partial charge on any atom is -0.297 e. The molecule has 1 aliphatic heterocycles. The molecule has 1 aliphatic rings. The number of nitrogens with zero attached hydrogens (tertiary/aromatic N) is 2. The zero-order valence-corrected chi connectivity index (χ0v) is 16.6. The van der Waals surface area contributed by atoms with Crippen molar-refractivity contribution >= 4 is 49.6 Å². The number of fused-ring (bicyclic) bond motifs is 1. The molecule has 0 radical (unpaired) electrons. The van der Waals surface area contributed by atoms with Crippen LogP contribution in [0.3, 0.4) is 0 Å². The van der Waals surface area contributed by atoms with Crippen molar-refractivity contribution in [2.75, 3.05) is 11.9 Å². The van der Waals surface area contributed by atoms with Crippen LogP contribution in [0.1, 0.15) is 25.8 Å². The molecule has 0 saturated carbocycles. The molecule has 0 saturated heterocycles. The maximum Gasteiger partial charge on any atom is 0.267 e. The molecular weight excluding hydrogens is 418 g/mol. The molecule has 0 fully saturated rings. The standard InChI is InChI=1S/C18H16BrN3OS2/c19-16-7-6-14(24-16)17(23)21-18-20-13-8-9-22(11-15(13)25-18)10-12-4-2-1-3-5-12/h1-7H,8-11H2,(H,20,21,23). The summed E-state index contributed by atoms with van der Waals surface area (Å²) >= 11 is 6.40. The SMILES string of the molecule is O=C(Nc1nc2c(s1)CN(Cc1ccccc1)CC2)c1ccc(Br)s1. The van der Waals surface area contributed by atoms with E-state index in [0.717, 1.165) is 35.5 Å². The predicted molar refractivity (Wildman–Crippen MR) is 106 cm³/mol. The van der Waals surface area contributed by atoms with Gasteiger partial charge in [-0.1, -0.05) is 30.3 Å². The summed E-state index contributed by atoms with van der Waals surface area (Å²) in [5.41, 5.74) is 2.45. The normalized spacial score (nSPS) is 14.3. The van der Waals surface area contributed by atoms with E-state index < -0.39 is 0 Å². The molecule has 0 spiro atoms. The van der Waals surface area contributed by atoms with Crippen LogP contribution >= 0.6 is 38.6 Å². The van der Waals surface area contributed by atoms with Crippen LogP contribution in [0.4, 0.5) is 5.13 Å². The van der Waals surface area contributed by atoms with Crippen molar-refractivity contribution in [2.45, 2.75) is 19.5 Å². The highest BCUT2D eigenvalue weighted by atomic mass is 79.9. The minimum absolute atomic E-state index is 0.0945. The number of hydrogen-bond acceptors (Lipinski definition) is 5. The average molecular weight is 434 g/mol. The molecule has 4 nitrogen and oxygen atoms in total. The second kappa shape index (κ2) is 7.37. The van der Waals surface area contributed by atoms with E-state index in [1.165, 1.54) is 21.8 Å². The summed E-state index contributed by atoms with van der Waals surface area (Å²) in [6, 6.07) is 14.2. The Kier molecular flexibility index (Phi) is 4.98. The Morgan fingerprint density at radius 1 is 1.20 bits per heavy atom. The Bertz CT molecular complexity index is 891. The third-order valence-electron chi connectivity index (χ3n) is 4.08. The van der Waals surface area contributed by atoms with E-state index in [1.807, 2.05) is 18.2 Å². The van der Waals surface area contributed by atoms with Crippen LogP contribution in [-0.4, -0.2) is 22.3 Å². The fourth-order valence-electron chi connectivity index (χ4n) is 2.87. The first-order valence-corrected chi connectivity index (χ1v) is 10.4. The lowest BCUT2D eigenvalue weighted by Gasteiger charge is -2.25. The highest BCUT2D eigenvalue weighted by molar-refractivity contribution is 9.11. The number of carbonyl (C=O) groups is 1. The monoisotopic (exact) mass is 433 g/mol. The van der Waals surface area contributed by atoms with Gasteiger partial charge in [0.05, 0.1) is 14.4 Å². The molecule has 1 amide bonds. The second-order valence-electron chi connectivity index (χ2n) is 5.89. The predicted octanol–water partition coefficient (Wildman–Crippen LogP) is 4.78. The van der Waals surface area contributed by atoms with E-state index in [-0.39, 0.29) is 5.91 Å². The number of aromatic nitrogens is 1. The van der Waals surface area contributed by atoms with E-state index in [4.69, 9.17) is 0 Å². The molecule has 128 valence electrons. The molecular formula is C18H16BrN3OS2. The van der Waals surface area contributed by atoms with Crippen LogP contribution in [0.5, 0.6) is 0 Å². The van der Waals surface area contributed by atoms with E-state index in [9.17, 15) is 4.79 Å². The first-order chi connectivity index (χ1) is 12.2. The maximum absolute atomic E-state index is 12.3. The summed E-state index contributed by atoms with van der Waals surface area (Å²) in [5.74, 6) is -0.0945. The highest BCUT2D eigenvalue weighted by Crippen LogP contribution is 2.30. The van der Waals surface area contributed by atoms with E-state index in [1.54, 1.807) is 11.3 Å². The molecule has 0 bridgehead atoms. The van der Waals surface area contributed by atoms with Crippen molar-refractivity contribution in [1.82, 2.24) is 9.88 Å². The van der Waals surface area contributed by atoms with Gasteiger partial charge in [-0.3, -0.25) is 15.0 Å². The van der Waals surface area contributed by atoms with Gasteiger partial charge in [0.25, 0.3) is 5.91 Å². The van der Waals surface area contributed by atoms with E-state index >= 15 is 0 Å². The third-order valence-corrected chi connectivity index (χ3v) is 6.70. The van der Waals surface area contributed by atoms with Gasteiger partial charge in [0, 0.05) is 30.9 Å². The minimum atomic E-state index is -0.0945. The smallest absolute Gasteiger partial charge is 0.267 e. The first-order valence-electron chi connectivity index (χ1n) is 7.99. The van der Waals surface area contributed by atoms with Crippen molar-refractivity contribution in [3.05, 3.63) is 67.3 Å². The molecule has 1 N–H and O–H groups in total. The molecule has 3 aromatic rings. The van der Waals surface area contributed by atoms with Crippen molar-refractivity contribution < 1.29 is 4.79 Å². The fraction of sp³-hybridized carbons (Fsp3) is 0.222. The number of amides is 1. The van der Waals surface area contributed by atoms with Crippen LogP contribution < -0.4 is 5.32 Å². The number of thiazole rings is 1. The number of rotatable bonds is 4. The van der Waals surface area contributed by atoms with Crippen LogP contribution in [-0.2, 0) is 19.5 Å². The Morgan fingerprint density at radius 3 is 2.80 bits per heavy atom. The Balaban J connectivity index is 1.43. The molecule has 3 heterocycles. The van der Waals surface area contributed by atoms with Crippen LogP contribution in [0.15, 0.2) is 46.3 Å². The highest BCUT2D eigenvalue weighted by Gasteiger charge is 2.22. The first kappa shape index (κ1) is 16.9. The van der Waals surface area contributed by atoms with Gasteiger partial charge in [0.1, 0.15) is 0 Å². The number of thiophene rings is 1. The summed E-state index contributed by atoms with van der Waals surface area (Å²) < 4.78 is 0.952. The van der Waals surface area contributed by atoms with Gasteiger partial charge in [-0.15, -0.1) is 22.7 Å². The largest absolute Gasteiger partial charge is 0.297 e. The second-order valence-corrected chi connectivity index (χ2v) is 9.44. The van der Waals surface area contributed by atoms with Crippen molar-refractivity contribution in [3.63, 3.8) is 0 Å². The van der Waals surface area contributed by atoms with Gasteiger partial charge in [-0.2, -0.15) is 0 Å². The number of carbonyl (C=O) groups excluding carboxylic acids is 1. The van der Waals surface area contributed by atoms with Crippen molar-refractivity contribution in [1.29, 1.82) is 0 Å². The maximum atomic E-state index is 12.3. The van der Waals surface area contributed by atoms with Gasteiger partial charge in [0.15, 0.2) is 5.13 Å². The number of halogens is 1. The third kappa shape index (κ3) is 4.00. The molecule has 7 heteroatoms. The number of nitrogens with one attached hydrogen (secondary N) is 1. The molecule has 2 aromatic heterocycles. The number of benzene rings is 1. The average Bonchev–Trinajstić information content (AvgIpc) is 3.21. The zero-order valence-electron chi connectivity index (χ0n) is 13.4. The quantitative estimate of drug-likeness (QED) is 0.643. The molecule has 0 aliphatic carbocycles. The molecule has 0 unspecified atom stereocenters. The summed E-state index contributed by atoms with van der Waals surface area (Å²) in [6.07, 6.45) is 0.930. The molecule has 1 aromatic carbocycles. The summed E-state index contributed by atoms with van der Waals surface area (Å²) in [7, 11) is 0. The van der Waals surface area contributed by atoms with Gasteiger partial charge in [0.2, 0.25) is 0 Å². The Morgan fingerprint density at radius 2 is 2.04 bits per heavy atom. The number of hydrogen-bond donors (Lipinski definition) is 1. The molecule has 4 rings (SSSR count). The van der Waals surface area contributed by atoms with Gasteiger partial charge >= 0.3 is 0 Å². The summed E-state index contributed by atoms with van der Waals surface area (Å²) in [6.45, 7) is 2.84. The van der Waals surface area contributed by atoms with E-state index in [0.29, 0.717) is 10.0 Å². The van der Waals surface area contributed by atoms with Gasteiger partial charge in [-0.05, 0) is 33.6 Å². The molecule has 25 heavy (non-hydrogen) atoms. The summed E-state index contributed by atoms with van der Waals surface area (Å²) in [5, 5.41) is 3.63. The van der Waals surface area contributed by atoms with Crippen LogP contribution in [0, 0.1) is 0 Å². The van der Waals surface area contributed by atoms with Crippen LogP contribution in [0.25, 0.3) is 0 Å². The fourth-order valence-corrected chi connectivity index (χ4v) is 5.20.